The molecule has 1 aliphatic heterocycles. The molecule has 88 valence electrons. The smallest absolute Gasteiger partial charge is 0.309 e. The highest BCUT2D eigenvalue weighted by atomic mass is 16.6. The van der Waals surface area contributed by atoms with Crippen LogP contribution >= 0.6 is 0 Å². The molecule has 0 bridgehead atoms. The van der Waals surface area contributed by atoms with Gasteiger partial charge < -0.3 is 9.84 Å². The second-order valence-electron chi connectivity index (χ2n) is 5.12. The second-order valence-corrected chi connectivity index (χ2v) is 5.12. The molecule has 16 heavy (non-hydrogen) atoms. The maximum atomic E-state index is 11.0. The van der Waals surface area contributed by atoms with E-state index in [-0.39, 0.29) is 6.10 Å². The predicted molar refractivity (Wildman–Crippen MR) is 61.1 cm³/mol. The molecular formula is C13H18O3. The van der Waals surface area contributed by atoms with Crippen LogP contribution in [0.3, 0.4) is 0 Å². The van der Waals surface area contributed by atoms with Gasteiger partial charge in [-0.25, -0.2) is 0 Å². The molecular weight excluding hydrogens is 204 g/mol. The van der Waals surface area contributed by atoms with Gasteiger partial charge in [0.05, 0.1) is 5.92 Å². The highest BCUT2D eigenvalue weighted by Crippen LogP contribution is 2.48. The molecule has 1 saturated heterocycles. The van der Waals surface area contributed by atoms with E-state index in [1.54, 1.807) is 6.92 Å². The number of carboxylic acids is 1. The van der Waals surface area contributed by atoms with Crippen molar-refractivity contribution in [2.24, 2.45) is 11.8 Å². The molecule has 1 N–H and O–H groups in total. The molecule has 0 aromatic rings. The van der Waals surface area contributed by atoms with Crippen LogP contribution in [0.2, 0.25) is 0 Å². The summed E-state index contributed by atoms with van der Waals surface area (Å²) < 4.78 is 5.56. The minimum atomic E-state index is -0.798. The first-order valence-corrected chi connectivity index (χ1v) is 5.76. The molecule has 3 atom stereocenters. The fraction of sp³-hybridized carbons (Fsp3) is 0.615. The van der Waals surface area contributed by atoms with Gasteiger partial charge in [0.1, 0.15) is 11.7 Å². The zero-order valence-corrected chi connectivity index (χ0v) is 9.93. The number of hydrogen-bond acceptors (Lipinski definition) is 2. The molecule has 1 heterocycles. The van der Waals surface area contributed by atoms with E-state index in [1.807, 2.05) is 12.2 Å². The maximum Gasteiger partial charge on any atom is 0.309 e. The number of carboxylic acid groups (broad SMARTS) is 1. The van der Waals surface area contributed by atoms with E-state index in [0.717, 1.165) is 6.42 Å². The quantitative estimate of drug-likeness (QED) is 0.743. The van der Waals surface area contributed by atoms with E-state index in [1.165, 1.54) is 5.57 Å². The van der Waals surface area contributed by atoms with Crippen molar-refractivity contribution in [1.82, 2.24) is 0 Å². The Labute approximate surface area is 95.8 Å². The van der Waals surface area contributed by atoms with Gasteiger partial charge in [0, 0.05) is 0 Å². The fourth-order valence-corrected chi connectivity index (χ4v) is 2.26. The average Bonchev–Trinajstić information content (AvgIpc) is 2.90. The molecule has 1 aliphatic carbocycles. The summed E-state index contributed by atoms with van der Waals surface area (Å²) in [7, 11) is 0. The topological polar surface area (TPSA) is 49.8 Å². The van der Waals surface area contributed by atoms with E-state index in [2.05, 4.69) is 19.9 Å². The highest BCUT2D eigenvalue weighted by Gasteiger charge is 2.60. The standard InChI is InChI=1S/C13H18O3/c1-8(2)6-10-4-5-13(9(3)12(14)15)11(7-10)16-13/h4-5,7-9,11H,6H2,1-3H3,(H,14,15). The summed E-state index contributed by atoms with van der Waals surface area (Å²) in [5, 5.41) is 9.00. The summed E-state index contributed by atoms with van der Waals surface area (Å²) in [6.45, 7) is 6.04. The summed E-state index contributed by atoms with van der Waals surface area (Å²) in [4.78, 5) is 11.0. The van der Waals surface area contributed by atoms with E-state index >= 15 is 0 Å². The van der Waals surface area contributed by atoms with Crippen molar-refractivity contribution in [2.45, 2.75) is 38.9 Å². The number of carbonyl (C=O) groups is 1. The van der Waals surface area contributed by atoms with Gasteiger partial charge in [0.25, 0.3) is 0 Å². The highest BCUT2D eigenvalue weighted by molar-refractivity contribution is 5.73. The molecule has 0 radical (unpaired) electrons. The Hall–Kier alpha value is -1.09. The first-order chi connectivity index (χ1) is 7.45. The Kier molecular flexibility index (Phi) is 2.66. The number of rotatable bonds is 4. The van der Waals surface area contributed by atoms with Crippen molar-refractivity contribution in [3.05, 3.63) is 23.8 Å². The van der Waals surface area contributed by atoms with Gasteiger partial charge in [-0.1, -0.05) is 19.9 Å². The molecule has 3 nitrogen and oxygen atoms in total. The van der Waals surface area contributed by atoms with Crippen LogP contribution in [-0.2, 0) is 9.53 Å². The minimum Gasteiger partial charge on any atom is -0.481 e. The van der Waals surface area contributed by atoms with Crippen LogP contribution in [0, 0.1) is 11.8 Å². The van der Waals surface area contributed by atoms with E-state index in [4.69, 9.17) is 9.84 Å². The number of hydrogen-bond donors (Lipinski definition) is 1. The lowest BCUT2D eigenvalue weighted by molar-refractivity contribution is -0.142. The first-order valence-electron chi connectivity index (χ1n) is 5.76. The Morgan fingerprint density at radius 1 is 1.56 bits per heavy atom. The van der Waals surface area contributed by atoms with Gasteiger partial charge in [-0.05, 0) is 37.0 Å². The van der Waals surface area contributed by atoms with Crippen LogP contribution in [0.1, 0.15) is 27.2 Å². The number of epoxide rings is 1. The molecule has 0 aromatic heterocycles. The fourth-order valence-electron chi connectivity index (χ4n) is 2.26. The van der Waals surface area contributed by atoms with Crippen molar-refractivity contribution >= 4 is 5.97 Å². The molecule has 0 saturated carbocycles. The van der Waals surface area contributed by atoms with Gasteiger partial charge in [-0.3, -0.25) is 4.79 Å². The van der Waals surface area contributed by atoms with Crippen LogP contribution in [0.4, 0.5) is 0 Å². The largest absolute Gasteiger partial charge is 0.481 e. The Bertz CT molecular complexity index is 367. The molecule has 2 rings (SSSR count). The van der Waals surface area contributed by atoms with Gasteiger partial charge in [-0.15, -0.1) is 0 Å². The normalized spacial score (nSPS) is 33.2. The van der Waals surface area contributed by atoms with Gasteiger partial charge in [-0.2, -0.15) is 0 Å². The summed E-state index contributed by atoms with van der Waals surface area (Å²) in [6.07, 6.45) is 7.00. The van der Waals surface area contributed by atoms with Crippen LogP contribution in [0.15, 0.2) is 23.8 Å². The van der Waals surface area contributed by atoms with Crippen LogP contribution in [0.25, 0.3) is 0 Å². The lowest BCUT2D eigenvalue weighted by atomic mass is 9.84. The van der Waals surface area contributed by atoms with E-state index < -0.39 is 17.5 Å². The lowest BCUT2D eigenvalue weighted by Crippen LogP contribution is -2.30. The van der Waals surface area contributed by atoms with Gasteiger partial charge >= 0.3 is 5.97 Å². The van der Waals surface area contributed by atoms with E-state index in [9.17, 15) is 4.79 Å². The SMILES string of the molecule is CC(C)CC1=CC2OC2(C(C)C(=O)O)C=C1. The van der Waals surface area contributed by atoms with Crippen molar-refractivity contribution in [3.63, 3.8) is 0 Å². The van der Waals surface area contributed by atoms with Crippen LogP contribution < -0.4 is 0 Å². The summed E-state index contributed by atoms with van der Waals surface area (Å²) in [5.41, 5.74) is 0.692. The lowest BCUT2D eigenvalue weighted by Gasteiger charge is -2.16. The first kappa shape index (κ1) is 11.4. The van der Waals surface area contributed by atoms with Crippen molar-refractivity contribution < 1.29 is 14.6 Å². The molecule has 2 aliphatic rings. The van der Waals surface area contributed by atoms with Gasteiger partial charge in [0.2, 0.25) is 0 Å². The number of ether oxygens (including phenoxy) is 1. The monoisotopic (exact) mass is 222 g/mol. The third kappa shape index (κ3) is 1.80. The van der Waals surface area contributed by atoms with Gasteiger partial charge in [0.15, 0.2) is 0 Å². The Balaban J connectivity index is 2.07. The molecule has 3 heteroatoms. The zero-order valence-electron chi connectivity index (χ0n) is 9.93. The van der Waals surface area contributed by atoms with Crippen molar-refractivity contribution in [3.8, 4) is 0 Å². The van der Waals surface area contributed by atoms with Crippen LogP contribution in [-0.4, -0.2) is 22.8 Å². The third-order valence-electron chi connectivity index (χ3n) is 3.33. The molecule has 3 unspecified atom stereocenters. The molecule has 0 aromatic carbocycles. The summed E-state index contributed by atoms with van der Waals surface area (Å²) >= 11 is 0. The molecule has 0 spiro atoms. The summed E-state index contributed by atoms with van der Waals surface area (Å²) in [6, 6.07) is 0. The summed E-state index contributed by atoms with van der Waals surface area (Å²) in [5.74, 6) is -0.669. The predicted octanol–water partition coefficient (Wildman–Crippen LogP) is 2.39. The maximum absolute atomic E-state index is 11.0. The molecule has 1 fully saturated rings. The zero-order chi connectivity index (χ0) is 11.9. The Morgan fingerprint density at radius 3 is 2.75 bits per heavy atom. The third-order valence-corrected chi connectivity index (χ3v) is 3.33. The number of allylic oxidation sites excluding steroid dienone is 2. The van der Waals surface area contributed by atoms with Crippen molar-refractivity contribution in [1.29, 1.82) is 0 Å². The minimum absolute atomic E-state index is 0.0302. The van der Waals surface area contributed by atoms with Crippen molar-refractivity contribution in [2.75, 3.05) is 0 Å². The van der Waals surface area contributed by atoms with E-state index in [0.29, 0.717) is 5.92 Å². The molecule has 0 amide bonds. The number of fused-ring (bicyclic) bond motifs is 1. The average molecular weight is 222 g/mol. The van der Waals surface area contributed by atoms with Crippen LogP contribution in [0.5, 0.6) is 0 Å². The number of aliphatic carboxylic acids is 1. The Morgan fingerprint density at radius 2 is 2.25 bits per heavy atom. The second kappa shape index (κ2) is 3.74.